The second-order valence-electron chi connectivity index (χ2n) is 4.77. The zero-order valence-electron chi connectivity index (χ0n) is 12.1. The first kappa shape index (κ1) is 13.8. The summed E-state index contributed by atoms with van der Waals surface area (Å²) < 4.78 is 1.93. The van der Waals surface area contributed by atoms with Gasteiger partial charge < -0.3 is 10.6 Å². The Kier molecular flexibility index (Phi) is 4.01. The number of hydrogen-bond donors (Lipinski definition) is 2. The minimum atomic E-state index is 0.671. The fourth-order valence-corrected chi connectivity index (χ4v) is 2.87. The summed E-state index contributed by atoms with van der Waals surface area (Å²) in [7, 11) is 0. The van der Waals surface area contributed by atoms with Crippen molar-refractivity contribution in [3.63, 3.8) is 0 Å². The van der Waals surface area contributed by atoms with Gasteiger partial charge in [0.05, 0.1) is 18.1 Å². The first-order chi connectivity index (χ1) is 10.3. The van der Waals surface area contributed by atoms with Gasteiger partial charge in [-0.1, -0.05) is 0 Å². The zero-order valence-corrected chi connectivity index (χ0v) is 12.9. The summed E-state index contributed by atoms with van der Waals surface area (Å²) in [5.41, 5.74) is 1.17. The minimum absolute atomic E-state index is 0.671. The van der Waals surface area contributed by atoms with Crippen LogP contribution in [0.25, 0.3) is 10.2 Å². The summed E-state index contributed by atoms with van der Waals surface area (Å²) in [4.78, 5) is 10.0. The molecule has 0 spiro atoms. The molecular weight excluding hydrogens is 284 g/mol. The number of nitrogens with zero attached hydrogens (tertiary/aromatic N) is 4. The van der Waals surface area contributed by atoms with Crippen molar-refractivity contribution in [2.45, 2.75) is 20.4 Å². The van der Waals surface area contributed by atoms with E-state index >= 15 is 0 Å². The lowest BCUT2D eigenvalue weighted by molar-refractivity contribution is 0.637. The molecule has 0 aliphatic rings. The fourth-order valence-electron chi connectivity index (χ4n) is 2.11. The predicted molar refractivity (Wildman–Crippen MR) is 87.0 cm³/mol. The van der Waals surface area contributed by atoms with Crippen molar-refractivity contribution in [2.75, 3.05) is 23.7 Å². The highest BCUT2D eigenvalue weighted by Crippen LogP contribution is 2.26. The summed E-state index contributed by atoms with van der Waals surface area (Å²) >= 11 is 1.63. The standard InChI is InChI=1S/C14H18N6S/c1-3-15-14-18-12(11-4-7-21-13(11)19-14)16-5-6-20-9-10(2)8-17-20/h4,7-9H,3,5-6H2,1-2H3,(H2,15,16,18,19). The van der Waals surface area contributed by atoms with Crippen molar-refractivity contribution in [3.8, 4) is 0 Å². The molecule has 0 bridgehead atoms. The first-order valence-electron chi connectivity index (χ1n) is 6.98. The molecule has 110 valence electrons. The van der Waals surface area contributed by atoms with Crippen LogP contribution in [0.4, 0.5) is 11.8 Å². The Morgan fingerprint density at radius 2 is 2.19 bits per heavy atom. The number of nitrogens with one attached hydrogen (secondary N) is 2. The van der Waals surface area contributed by atoms with E-state index in [0.29, 0.717) is 5.95 Å². The van der Waals surface area contributed by atoms with Crippen molar-refractivity contribution in [1.29, 1.82) is 0 Å². The van der Waals surface area contributed by atoms with Crippen LogP contribution in [0.15, 0.2) is 23.8 Å². The van der Waals surface area contributed by atoms with E-state index in [1.165, 1.54) is 5.56 Å². The number of fused-ring (bicyclic) bond motifs is 1. The molecule has 0 amide bonds. The van der Waals surface area contributed by atoms with Crippen LogP contribution in [0.1, 0.15) is 12.5 Å². The van der Waals surface area contributed by atoms with Crippen LogP contribution in [0, 0.1) is 6.92 Å². The molecule has 2 N–H and O–H groups in total. The van der Waals surface area contributed by atoms with Crippen LogP contribution in [-0.2, 0) is 6.54 Å². The quantitative estimate of drug-likeness (QED) is 0.733. The molecule has 3 heterocycles. The molecule has 0 unspecified atom stereocenters. The third-order valence-corrected chi connectivity index (χ3v) is 3.86. The van der Waals surface area contributed by atoms with Gasteiger partial charge in [0.25, 0.3) is 0 Å². The summed E-state index contributed by atoms with van der Waals surface area (Å²) in [6.45, 7) is 6.46. The molecule has 0 radical (unpaired) electrons. The van der Waals surface area contributed by atoms with Gasteiger partial charge in [-0.05, 0) is 30.9 Å². The lowest BCUT2D eigenvalue weighted by Gasteiger charge is -2.09. The van der Waals surface area contributed by atoms with E-state index < -0.39 is 0 Å². The van der Waals surface area contributed by atoms with Gasteiger partial charge in [-0.3, -0.25) is 4.68 Å². The Hall–Kier alpha value is -2.15. The third-order valence-electron chi connectivity index (χ3n) is 3.06. The van der Waals surface area contributed by atoms with E-state index in [9.17, 15) is 0 Å². The molecular formula is C14H18N6S. The molecule has 0 saturated carbocycles. The highest BCUT2D eigenvalue weighted by atomic mass is 32.1. The van der Waals surface area contributed by atoms with Crippen LogP contribution in [0.3, 0.4) is 0 Å². The molecule has 3 rings (SSSR count). The van der Waals surface area contributed by atoms with Gasteiger partial charge in [0.1, 0.15) is 10.6 Å². The smallest absolute Gasteiger partial charge is 0.226 e. The van der Waals surface area contributed by atoms with Crippen LogP contribution in [0.2, 0.25) is 0 Å². The number of anilines is 2. The molecule has 0 aliphatic carbocycles. The maximum absolute atomic E-state index is 4.54. The Bertz CT molecular complexity index is 732. The van der Waals surface area contributed by atoms with Gasteiger partial charge in [0.2, 0.25) is 5.95 Å². The predicted octanol–water partition coefficient (Wildman–Crippen LogP) is 2.74. The minimum Gasteiger partial charge on any atom is -0.368 e. The molecule has 3 aromatic rings. The summed E-state index contributed by atoms with van der Waals surface area (Å²) in [6.07, 6.45) is 3.90. The summed E-state index contributed by atoms with van der Waals surface area (Å²) in [5.74, 6) is 1.55. The van der Waals surface area contributed by atoms with E-state index in [-0.39, 0.29) is 0 Å². The highest BCUT2D eigenvalue weighted by molar-refractivity contribution is 7.16. The molecule has 7 heteroatoms. The van der Waals surface area contributed by atoms with E-state index in [0.717, 1.165) is 35.7 Å². The van der Waals surface area contributed by atoms with Gasteiger partial charge in [0.15, 0.2) is 0 Å². The van der Waals surface area contributed by atoms with Crippen LogP contribution >= 0.6 is 11.3 Å². The Balaban J connectivity index is 1.74. The van der Waals surface area contributed by atoms with Crippen LogP contribution in [0.5, 0.6) is 0 Å². The Labute approximate surface area is 127 Å². The van der Waals surface area contributed by atoms with Gasteiger partial charge in [-0.25, -0.2) is 4.98 Å². The van der Waals surface area contributed by atoms with E-state index in [2.05, 4.69) is 31.8 Å². The second-order valence-corrected chi connectivity index (χ2v) is 5.67. The normalized spacial score (nSPS) is 11.0. The van der Waals surface area contributed by atoms with Crippen LogP contribution < -0.4 is 10.6 Å². The maximum atomic E-state index is 4.54. The molecule has 0 atom stereocenters. The topological polar surface area (TPSA) is 67.7 Å². The molecule has 0 aliphatic heterocycles. The second kappa shape index (κ2) is 6.09. The fraction of sp³-hybridized carbons (Fsp3) is 0.357. The number of thiophene rings is 1. The maximum Gasteiger partial charge on any atom is 0.226 e. The Morgan fingerprint density at radius 1 is 1.29 bits per heavy atom. The van der Waals surface area contributed by atoms with Gasteiger partial charge in [0, 0.05) is 19.3 Å². The van der Waals surface area contributed by atoms with Crippen molar-refractivity contribution < 1.29 is 0 Å². The largest absolute Gasteiger partial charge is 0.368 e. The monoisotopic (exact) mass is 302 g/mol. The number of rotatable bonds is 6. The number of aryl methyl sites for hydroxylation is 1. The van der Waals surface area contributed by atoms with Gasteiger partial charge >= 0.3 is 0 Å². The average molecular weight is 302 g/mol. The van der Waals surface area contributed by atoms with Crippen molar-refractivity contribution in [1.82, 2.24) is 19.7 Å². The van der Waals surface area contributed by atoms with E-state index in [1.54, 1.807) is 11.3 Å². The summed E-state index contributed by atoms with van der Waals surface area (Å²) in [6, 6.07) is 2.05. The van der Waals surface area contributed by atoms with Gasteiger partial charge in [-0.2, -0.15) is 10.1 Å². The molecule has 0 aromatic carbocycles. The van der Waals surface area contributed by atoms with E-state index in [4.69, 9.17) is 0 Å². The van der Waals surface area contributed by atoms with Crippen molar-refractivity contribution in [3.05, 3.63) is 29.4 Å². The number of aromatic nitrogens is 4. The van der Waals surface area contributed by atoms with Crippen molar-refractivity contribution in [2.24, 2.45) is 0 Å². The lowest BCUT2D eigenvalue weighted by Crippen LogP contribution is -2.13. The Morgan fingerprint density at radius 3 is 2.95 bits per heavy atom. The summed E-state index contributed by atoms with van der Waals surface area (Å²) in [5, 5.41) is 13.9. The molecule has 6 nitrogen and oxygen atoms in total. The first-order valence-corrected chi connectivity index (χ1v) is 7.86. The molecule has 0 fully saturated rings. The van der Waals surface area contributed by atoms with Crippen molar-refractivity contribution >= 4 is 33.3 Å². The molecule has 21 heavy (non-hydrogen) atoms. The van der Waals surface area contributed by atoms with E-state index in [1.807, 2.05) is 36.3 Å². The lowest BCUT2D eigenvalue weighted by atomic mass is 10.4. The molecule has 3 aromatic heterocycles. The van der Waals surface area contributed by atoms with Crippen LogP contribution in [-0.4, -0.2) is 32.8 Å². The van der Waals surface area contributed by atoms with Gasteiger partial charge in [-0.15, -0.1) is 11.3 Å². The SMILES string of the molecule is CCNc1nc(NCCn2cc(C)cn2)c2ccsc2n1. The molecule has 0 saturated heterocycles. The highest BCUT2D eigenvalue weighted by Gasteiger charge is 2.08. The average Bonchev–Trinajstić information content (AvgIpc) is 3.08. The zero-order chi connectivity index (χ0) is 14.7. The third kappa shape index (κ3) is 3.13. The number of hydrogen-bond acceptors (Lipinski definition) is 6.